The van der Waals surface area contributed by atoms with E-state index in [2.05, 4.69) is 5.32 Å². The number of rotatable bonds is 5. The van der Waals surface area contributed by atoms with E-state index in [-0.39, 0.29) is 17.7 Å². The van der Waals surface area contributed by atoms with E-state index in [4.69, 9.17) is 0 Å². The molecule has 100 valence electrons. The molecule has 1 aromatic carbocycles. The highest BCUT2D eigenvalue weighted by molar-refractivity contribution is 6.21. The van der Waals surface area contributed by atoms with Crippen LogP contribution in [0.15, 0.2) is 24.3 Å². The fourth-order valence-corrected chi connectivity index (χ4v) is 2.03. The van der Waals surface area contributed by atoms with E-state index in [1.54, 1.807) is 31.2 Å². The molecule has 1 aliphatic heterocycles. The number of carbonyl (C=O) groups excluding carboxylic acids is 3. The van der Waals surface area contributed by atoms with Crippen LogP contribution < -0.4 is 5.32 Å². The van der Waals surface area contributed by atoms with Gasteiger partial charge in [0.2, 0.25) is 5.91 Å². The molecule has 1 aromatic rings. The third-order valence-electron chi connectivity index (χ3n) is 3.08. The molecule has 0 atom stereocenters. The maximum Gasteiger partial charge on any atom is 0.261 e. The summed E-state index contributed by atoms with van der Waals surface area (Å²) in [4.78, 5) is 36.3. The number of nitrogens with one attached hydrogen (secondary N) is 1. The van der Waals surface area contributed by atoms with E-state index in [1.165, 1.54) is 4.90 Å². The number of hydrogen-bond acceptors (Lipinski definition) is 3. The van der Waals surface area contributed by atoms with Crippen LogP contribution in [0.3, 0.4) is 0 Å². The van der Waals surface area contributed by atoms with Crippen molar-refractivity contribution in [3.63, 3.8) is 0 Å². The van der Waals surface area contributed by atoms with E-state index in [0.29, 0.717) is 37.1 Å². The number of amides is 3. The van der Waals surface area contributed by atoms with Crippen LogP contribution in [0.5, 0.6) is 0 Å². The Labute approximate surface area is 111 Å². The molecule has 19 heavy (non-hydrogen) atoms. The van der Waals surface area contributed by atoms with Gasteiger partial charge in [0, 0.05) is 19.5 Å². The summed E-state index contributed by atoms with van der Waals surface area (Å²) in [5.41, 5.74) is 0.926. The van der Waals surface area contributed by atoms with Crippen molar-refractivity contribution in [2.45, 2.75) is 19.8 Å². The summed E-state index contributed by atoms with van der Waals surface area (Å²) in [5, 5.41) is 2.72. The average Bonchev–Trinajstić information content (AvgIpc) is 2.68. The minimum Gasteiger partial charge on any atom is -0.356 e. The zero-order valence-corrected chi connectivity index (χ0v) is 10.8. The molecule has 0 aromatic heterocycles. The summed E-state index contributed by atoms with van der Waals surface area (Å²) in [6.45, 7) is 2.58. The normalized spacial score (nSPS) is 13.6. The van der Waals surface area contributed by atoms with Crippen LogP contribution in [0.2, 0.25) is 0 Å². The molecule has 2 rings (SSSR count). The summed E-state index contributed by atoms with van der Waals surface area (Å²) >= 11 is 0. The molecule has 1 aliphatic rings. The Kier molecular flexibility index (Phi) is 3.94. The predicted molar refractivity (Wildman–Crippen MR) is 69.7 cm³/mol. The van der Waals surface area contributed by atoms with Gasteiger partial charge < -0.3 is 5.32 Å². The number of imide groups is 1. The fraction of sp³-hybridized carbons (Fsp3) is 0.357. The van der Waals surface area contributed by atoms with Gasteiger partial charge in [-0.25, -0.2) is 0 Å². The quantitative estimate of drug-likeness (QED) is 0.639. The second-order valence-corrected chi connectivity index (χ2v) is 4.36. The minimum absolute atomic E-state index is 0.0256. The van der Waals surface area contributed by atoms with Crippen molar-refractivity contribution in [3.05, 3.63) is 35.4 Å². The van der Waals surface area contributed by atoms with Gasteiger partial charge >= 0.3 is 0 Å². The van der Waals surface area contributed by atoms with Crippen molar-refractivity contribution < 1.29 is 14.4 Å². The molecule has 0 spiro atoms. The van der Waals surface area contributed by atoms with Gasteiger partial charge in [-0.05, 0) is 18.6 Å². The molecule has 3 amide bonds. The van der Waals surface area contributed by atoms with Gasteiger partial charge in [-0.1, -0.05) is 19.1 Å². The first-order valence-corrected chi connectivity index (χ1v) is 6.37. The Morgan fingerprint density at radius 2 is 1.74 bits per heavy atom. The van der Waals surface area contributed by atoms with E-state index in [1.807, 2.05) is 0 Å². The Hall–Kier alpha value is -2.17. The highest BCUT2D eigenvalue weighted by atomic mass is 16.2. The Morgan fingerprint density at radius 1 is 1.16 bits per heavy atom. The average molecular weight is 260 g/mol. The Balaban J connectivity index is 1.92. The molecule has 1 heterocycles. The number of carbonyl (C=O) groups is 3. The number of nitrogens with zero attached hydrogens (tertiary/aromatic N) is 1. The number of benzene rings is 1. The topological polar surface area (TPSA) is 66.5 Å². The van der Waals surface area contributed by atoms with E-state index >= 15 is 0 Å². The molecule has 0 bridgehead atoms. The first kappa shape index (κ1) is 13.3. The number of hydrogen-bond donors (Lipinski definition) is 1. The summed E-state index contributed by atoms with van der Waals surface area (Å²) in [6.07, 6.45) is 1.00. The molecule has 5 nitrogen and oxygen atoms in total. The lowest BCUT2D eigenvalue weighted by Gasteiger charge is -2.13. The third kappa shape index (κ3) is 2.65. The van der Waals surface area contributed by atoms with Gasteiger partial charge in [-0.2, -0.15) is 0 Å². The smallest absolute Gasteiger partial charge is 0.261 e. The largest absolute Gasteiger partial charge is 0.356 e. The monoisotopic (exact) mass is 260 g/mol. The van der Waals surface area contributed by atoms with Crippen LogP contribution in [-0.2, 0) is 4.79 Å². The van der Waals surface area contributed by atoms with Crippen molar-refractivity contribution in [1.29, 1.82) is 0 Å². The SMILES string of the molecule is CCC(=O)NCCCN1C(=O)c2ccccc2C1=O. The van der Waals surface area contributed by atoms with Crippen LogP contribution in [-0.4, -0.2) is 35.7 Å². The van der Waals surface area contributed by atoms with Gasteiger partial charge in [0.25, 0.3) is 11.8 Å². The first-order valence-electron chi connectivity index (χ1n) is 6.37. The first-order chi connectivity index (χ1) is 9.15. The van der Waals surface area contributed by atoms with Crippen molar-refractivity contribution in [3.8, 4) is 0 Å². The maximum atomic E-state index is 12.0. The lowest BCUT2D eigenvalue weighted by molar-refractivity contribution is -0.120. The molecule has 0 saturated carbocycles. The maximum absolute atomic E-state index is 12.0. The summed E-state index contributed by atoms with van der Waals surface area (Å²) in [6, 6.07) is 6.81. The molecule has 0 saturated heterocycles. The van der Waals surface area contributed by atoms with Crippen LogP contribution in [0.25, 0.3) is 0 Å². The van der Waals surface area contributed by atoms with Crippen LogP contribution >= 0.6 is 0 Å². The molecule has 0 fully saturated rings. The standard InChI is InChI=1S/C14H16N2O3/c1-2-12(17)15-8-5-9-16-13(18)10-6-3-4-7-11(10)14(16)19/h3-4,6-7H,2,5,8-9H2,1H3,(H,15,17). The third-order valence-corrected chi connectivity index (χ3v) is 3.08. The van der Waals surface area contributed by atoms with E-state index < -0.39 is 0 Å². The Bertz CT molecular complexity index is 490. The van der Waals surface area contributed by atoms with E-state index in [0.717, 1.165) is 0 Å². The van der Waals surface area contributed by atoms with Crippen LogP contribution in [0.1, 0.15) is 40.5 Å². The van der Waals surface area contributed by atoms with Crippen LogP contribution in [0, 0.1) is 0 Å². The highest BCUT2D eigenvalue weighted by Crippen LogP contribution is 2.22. The van der Waals surface area contributed by atoms with Crippen molar-refractivity contribution in [2.75, 3.05) is 13.1 Å². The molecular weight excluding hydrogens is 244 g/mol. The van der Waals surface area contributed by atoms with Crippen molar-refractivity contribution >= 4 is 17.7 Å². The summed E-state index contributed by atoms with van der Waals surface area (Å²) < 4.78 is 0. The number of fused-ring (bicyclic) bond motifs is 1. The molecule has 5 heteroatoms. The predicted octanol–water partition coefficient (Wildman–Crippen LogP) is 1.20. The Morgan fingerprint density at radius 3 is 2.26 bits per heavy atom. The second-order valence-electron chi connectivity index (χ2n) is 4.36. The lowest BCUT2D eigenvalue weighted by Crippen LogP contribution is -2.33. The van der Waals surface area contributed by atoms with Gasteiger partial charge in [0.05, 0.1) is 11.1 Å². The van der Waals surface area contributed by atoms with Gasteiger partial charge in [-0.3, -0.25) is 19.3 Å². The minimum atomic E-state index is -0.248. The molecular formula is C14H16N2O3. The fourth-order valence-electron chi connectivity index (χ4n) is 2.03. The van der Waals surface area contributed by atoms with Crippen molar-refractivity contribution in [1.82, 2.24) is 10.2 Å². The second kappa shape index (κ2) is 5.65. The molecule has 0 aliphatic carbocycles. The van der Waals surface area contributed by atoms with Crippen LogP contribution in [0.4, 0.5) is 0 Å². The van der Waals surface area contributed by atoms with Crippen molar-refractivity contribution in [2.24, 2.45) is 0 Å². The van der Waals surface area contributed by atoms with Gasteiger partial charge in [0.15, 0.2) is 0 Å². The molecule has 1 N–H and O–H groups in total. The zero-order chi connectivity index (χ0) is 13.8. The van der Waals surface area contributed by atoms with Gasteiger partial charge in [0.1, 0.15) is 0 Å². The molecule has 0 radical (unpaired) electrons. The highest BCUT2D eigenvalue weighted by Gasteiger charge is 2.34. The lowest BCUT2D eigenvalue weighted by atomic mass is 10.1. The van der Waals surface area contributed by atoms with E-state index in [9.17, 15) is 14.4 Å². The summed E-state index contributed by atoms with van der Waals surface area (Å²) in [7, 11) is 0. The van der Waals surface area contributed by atoms with Gasteiger partial charge in [-0.15, -0.1) is 0 Å². The molecule has 0 unspecified atom stereocenters. The summed E-state index contributed by atoms with van der Waals surface area (Å²) in [5.74, 6) is -0.521. The zero-order valence-electron chi connectivity index (χ0n) is 10.8.